The van der Waals surface area contributed by atoms with Crippen molar-refractivity contribution in [3.05, 3.63) is 0 Å². The predicted molar refractivity (Wildman–Crippen MR) is 55.6 cm³/mol. The van der Waals surface area contributed by atoms with Crippen LogP contribution in [0.3, 0.4) is 0 Å². The molecule has 76 valence electrons. The van der Waals surface area contributed by atoms with Gasteiger partial charge in [-0.1, -0.05) is 6.92 Å². The van der Waals surface area contributed by atoms with Crippen LogP contribution in [0.1, 0.15) is 13.3 Å². The van der Waals surface area contributed by atoms with Crippen molar-refractivity contribution in [1.82, 2.24) is 5.32 Å². The number of halogens is 2. The fourth-order valence-electron chi connectivity index (χ4n) is 1.56. The van der Waals surface area contributed by atoms with Gasteiger partial charge in [0.1, 0.15) is 6.04 Å². The minimum absolute atomic E-state index is 0.0718. The lowest BCUT2D eigenvalue weighted by Crippen LogP contribution is -2.29. The third kappa shape index (κ3) is 2.77. The van der Waals surface area contributed by atoms with Crippen LogP contribution in [0.25, 0.3) is 0 Å². The van der Waals surface area contributed by atoms with Crippen LogP contribution in [0.2, 0.25) is 0 Å². The molecule has 0 aromatic rings. The summed E-state index contributed by atoms with van der Waals surface area (Å²) in [5, 5.41) is 11.6. The Morgan fingerprint density at radius 3 is 2.77 bits per heavy atom. The molecule has 0 aromatic heterocycles. The van der Waals surface area contributed by atoms with Gasteiger partial charge in [-0.15, -0.1) is 0 Å². The highest BCUT2D eigenvalue weighted by Gasteiger charge is 2.34. The highest BCUT2D eigenvalue weighted by atomic mass is 127. The zero-order valence-corrected chi connectivity index (χ0v) is 9.49. The summed E-state index contributed by atoms with van der Waals surface area (Å²) < 4.78 is 12.0. The Kier molecular flexibility index (Phi) is 3.90. The van der Waals surface area contributed by atoms with Crippen molar-refractivity contribution in [3.8, 4) is 0 Å². The van der Waals surface area contributed by atoms with Gasteiger partial charge < -0.3 is 10.4 Å². The second-order valence-electron chi connectivity index (χ2n) is 3.49. The molecule has 0 radical (unpaired) electrons. The Balaban J connectivity index is 2.45. The molecule has 4 atom stereocenters. The van der Waals surface area contributed by atoms with Crippen molar-refractivity contribution in [2.24, 2.45) is 11.8 Å². The number of carbonyl (C=O) groups is 1. The van der Waals surface area contributed by atoms with Gasteiger partial charge in [0, 0.05) is 5.92 Å². The first-order chi connectivity index (χ1) is 6.02. The van der Waals surface area contributed by atoms with Crippen molar-refractivity contribution in [2.45, 2.75) is 23.6 Å². The van der Waals surface area contributed by atoms with Gasteiger partial charge in [-0.05, 0) is 41.5 Å². The fraction of sp³-hybridized carbons (Fsp3) is 0.875. The maximum absolute atomic E-state index is 12.9. The van der Waals surface area contributed by atoms with E-state index in [0.29, 0.717) is 13.0 Å². The Morgan fingerprint density at radius 1 is 1.77 bits per heavy atom. The van der Waals surface area contributed by atoms with Crippen LogP contribution in [0, 0.1) is 11.8 Å². The molecule has 1 aliphatic rings. The van der Waals surface area contributed by atoms with E-state index in [0.717, 1.165) is 0 Å². The molecule has 1 heterocycles. The van der Waals surface area contributed by atoms with Gasteiger partial charge in [0.25, 0.3) is 0 Å². The monoisotopic (exact) mass is 301 g/mol. The largest absolute Gasteiger partial charge is 0.480 e. The summed E-state index contributed by atoms with van der Waals surface area (Å²) in [7, 11) is 0. The number of hydrogen-bond donors (Lipinski definition) is 2. The molecule has 13 heavy (non-hydrogen) atoms. The highest BCUT2D eigenvalue weighted by molar-refractivity contribution is 14.1. The highest BCUT2D eigenvalue weighted by Crippen LogP contribution is 2.29. The van der Waals surface area contributed by atoms with E-state index in [-0.39, 0.29) is 11.8 Å². The van der Waals surface area contributed by atoms with Gasteiger partial charge in [0.15, 0.2) is 4.18 Å². The molecule has 3 nitrogen and oxygen atoms in total. The third-order valence-corrected chi connectivity index (χ3v) is 3.74. The summed E-state index contributed by atoms with van der Waals surface area (Å²) in [5.41, 5.74) is 0. The average molecular weight is 301 g/mol. The summed E-state index contributed by atoms with van der Waals surface area (Å²) in [4.78, 5) is 10.6. The van der Waals surface area contributed by atoms with Gasteiger partial charge in [-0.25, -0.2) is 4.39 Å². The molecule has 1 aliphatic heterocycles. The van der Waals surface area contributed by atoms with Gasteiger partial charge in [-0.3, -0.25) is 4.79 Å². The van der Waals surface area contributed by atoms with Crippen LogP contribution in [-0.4, -0.2) is 27.8 Å². The lowest BCUT2D eigenvalue weighted by Gasteiger charge is -2.17. The molecule has 0 amide bonds. The molecule has 0 bridgehead atoms. The van der Waals surface area contributed by atoms with Gasteiger partial charge >= 0.3 is 5.97 Å². The molecular weight excluding hydrogens is 288 g/mol. The van der Waals surface area contributed by atoms with E-state index in [4.69, 9.17) is 5.11 Å². The Bertz CT molecular complexity index is 201. The standard InChI is InChI=1S/C8H13FINO2/c1-4(7(9)10)5-2-6(8(12)13)11-3-5/h4-7,11H,2-3H2,1H3,(H,12,13). The number of nitrogens with one attached hydrogen (secondary N) is 1. The molecule has 5 heteroatoms. The Labute approximate surface area is 90.2 Å². The first-order valence-electron chi connectivity index (χ1n) is 4.26. The summed E-state index contributed by atoms with van der Waals surface area (Å²) in [6.45, 7) is 2.44. The van der Waals surface area contributed by atoms with Crippen molar-refractivity contribution in [1.29, 1.82) is 0 Å². The molecule has 1 fully saturated rings. The Morgan fingerprint density at radius 2 is 2.38 bits per heavy atom. The SMILES string of the molecule is CC(C(F)I)C1CNC(C(=O)O)C1. The lowest BCUT2D eigenvalue weighted by atomic mass is 9.93. The van der Waals surface area contributed by atoms with Crippen LogP contribution in [0.4, 0.5) is 4.39 Å². The second-order valence-corrected chi connectivity index (χ2v) is 4.68. The van der Waals surface area contributed by atoms with Gasteiger partial charge in [0.05, 0.1) is 0 Å². The minimum atomic E-state index is -0.892. The van der Waals surface area contributed by atoms with E-state index in [1.165, 1.54) is 0 Å². The van der Waals surface area contributed by atoms with Crippen LogP contribution in [0.5, 0.6) is 0 Å². The van der Waals surface area contributed by atoms with E-state index in [1.54, 1.807) is 22.6 Å². The number of alkyl halides is 2. The van der Waals surface area contributed by atoms with Crippen LogP contribution < -0.4 is 5.32 Å². The summed E-state index contributed by atoms with van der Waals surface area (Å²) in [6, 6.07) is -0.484. The van der Waals surface area contributed by atoms with Crippen LogP contribution in [0.15, 0.2) is 0 Å². The number of rotatable bonds is 3. The topological polar surface area (TPSA) is 49.3 Å². The van der Waals surface area contributed by atoms with Crippen LogP contribution in [-0.2, 0) is 4.79 Å². The minimum Gasteiger partial charge on any atom is -0.480 e. The molecule has 2 N–H and O–H groups in total. The van der Waals surface area contributed by atoms with E-state index < -0.39 is 16.2 Å². The molecule has 0 spiro atoms. The average Bonchev–Trinajstić information content (AvgIpc) is 2.50. The quantitative estimate of drug-likeness (QED) is 0.612. The normalized spacial score (nSPS) is 32.8. The molecule has 4 unspecified atom stereocenters. The van der Waals surface area contributed by atoms with E-state index >= 15 is 0 Å². The molecule has 0 saturated carbocycles. The number of hydrogen-bond acceptors (Lipinski definition) is 2. The summed E-state index contributed by atoms with van der Waals surface area (Å²) in [5.74, 6) is -0.760. The molecule has 0 aliphatic carbocycles. The van der Waals surface area contributed by atoms with Crippen molar-refractivity contribution < 1.29 is 14.3 Å². The molecular formula is C8H13FINO2. The van der Waals surface area contributed by atoms with Crippen molar-refractivity contribution in [3.63, 3.8) is 0 Å². The number of carboxylic acids is 1. The second kappa shape index (κ2) is 4.54. The van der Waals surface area contributed by atoms with E-state index in [9.17, 15) is 9.18 Å². The third-order valence-electron chi connectivity index (χ3n) is 2.60. The predicted octanol–water partition coefficient (Wildman–Crippen LogP) is 1.42. The first-order valence-corrected chi connectivity index (χ1v) is 5.51. The maximum atomic E-state index is 12.9. The first kappa shape index (κ1) is 11.2. The van der Waals surface area contributed by atoms with Crippen LogP contribution >= 0.6 is 22.6 Å². The Hall–Kier alpha value is 0.0900. The molecule has 0 aromatic carbocycles. The van der Waals surface area contributed by atoms with E-state index in [2.05, 4.69) is 5.32 Å². The van der Waals surface area contributed by atoms with Gasteiger partial charge in [-0.2, -0.15) is 0 Å². The van der Waals surface area contributed by atoms with Crippen molar-refractivity contribution in [2.75, 3.05) is 6.54 Å². The van der Waals surface area contributed by atoms with E-state index in [1.807, 2.05) is 6.92 Å². The maximum Gasteiger partial charge on any atom is 0.320 e. The zero-order chi connectivity index (χ0) is 10.0. The zero-order valence-electron chi connectivity index (χ0n) is 7.34. The van der Waals surface area contributed by atoms with Crippen molar-refractivity contribution >= 4 is 28.6 Å². The summed E-state index contributed by atoms with van der Waals surface area (Å²) >= 11 is 1.74. The molecule has 1 rings (SSSR count). The smallest absolute Gasteiger partial charge is 0.320 e. The fourth-order valence-corrected chi connectivity index (χ4v) is 2.14. The summed E-state index contributed by atoms with van der Waals surface area (Å²) in [6.07, 6.45) is 0.542. The lowest BCUT2D eigenvalue weighted by molar-refractivity contribution is -0.139. The number of carboxylic acid groups (broad SMARTS) is 1. The number of aliphatic carboxylic acids is 1. The van der Waals surface area contributed by atoms with Gasteiger partial charge in [0.2, 0.25) is 0 Å². The molecule has 1 saturated heterocycles.